The fraction of sp³-hybridized carbons (Fsp3) is 0.444. The Morgan fingerprint density at radius 1 is 0.912 bits per heavy atom. The van der Waals surface area contributed by atoms with Crippen molar-refractivity contribution >= 4 is 28.2 Å². The zero-order valence-electron chi connectivity index (χ0n) is 20.1. The maximum absolute atomic E-state index is 6.09. The summed E-state index contributed by atoms with van der Waals surface area (Å²) in [5.74, 6) is 0.910. The summed E-state index contributed by atoms with van der Waals surface area (Å²) < 4.78 is 5.21. The smallest absolute Gasteiger partial charge is 0.118 e. The largest absolute Gasteiger partial charge is 0.497 e. The van der Waals surface area contributed by atoms with Crippen molar-refractivity contribution in [2.45, 2.75) is 19.4 Å². The molecule has 1 saturated heterocycles. The van der Waals surface area contributed by atoms with Crippen molar-refractivity contribution in [3.05, 3.63) is 65.3 Å². The molecular formula is C27H36ClN5O. The monoisotopic (exact) mass is 481 g/mol. The summed E-state index contributed by atoms with van der Waals surface area (Å²) in [5, 5.41) is 8.98. The molecule has 3 aromatic rings. The molecule has 34 heavy (non-hydrogen) atoms. The average molecular weight is 482 g/mol. The van der Waals surface area contributed by atoms with Crippen molar-refractivity contribution in [3.8, 4) is 5.75 Å². The number of pyridine rings is 1. The number of piperazine rings is 1. The van der Waals surface area contributed by atoms with Gasteiger partial charge in [-0.15, -0.1) is 0 Å². The van der Waals surface area contributed by atoms with E-state index >= 15 is 0 Å². The van der Waals surface area contributed by atoms with E-state index in [-0.39, 0.29) is 0 Å². The minimum Gasteiger partial charge on any atom is -0.497 e. The highest BCUT2D eigenvalue weighted by Gasteiger charge is 2.15. The van der Waals surface area contributed by atoms with Gasteiger partial charge in [-0.2, -0.15) is 0 Å². The average Bonchev–Trinajstić information content (AvgIpc) is 2.87. The number of ether oxygens (including phenoxy) is 1. The fourth-order valence-corrected chi connectivity index (χ4v) is 4.61. The number of anilines is 1. The van der Waals surface area contributed by atoms with Gasteiger partial charge < -0.3 is 25.2 Å². The Labute approximate surface area is 208 Å². The van der Waals surface area contributed by atoms with Crippen LogP contribution in [0.4, 0.5) is 5.69 Å². The fourth-order valence-electron chi connectivity index (χ4n) is 4.44. The predicted octanol–water partition coefficient (Wildman–Crippen LogP) is 4.50. The molecule has 2 heterocycles. The van der Waals surface area contributed by atoms with Crippen molar-refractivity contribution in [1.29, 1.82) is 0 Å². The quantitative estimate of drug-likeness (QED) is 0.371. The van der Waals surface area contributed by atoms with Crippen LogP contribution in [0.15, 0.2) is 54.7 Å². The number of aromatic nitrogens is 1. The molecule has 2 aromatic carbocycles. The third kappa shape index (κ3) is 7.31. The second-order valence-corrected chi connectivity index (χ2v) is 9.30. The van der Waals surface area contributed by atoms with Gasteiger partial charge in [0.2, 0.25) is 0 Å². The van der Waals surface area contributed by atoms with Crippen LogP contribution in [0.1, 0.15) is 18.4 Å². The number of methoxy groups -OCH3 is 1. The van der Waals surface area contributed by atoms with E-state index in [9.17, 15) is 0 Å². The van der Waals surface area contributed by atoms with Gasteiger partial charge in [0.05, 0.1) is 12.6 Å². The van der Waals surface area contributed by atoms with Crippen LogP contribution in [0.5, 0.6) is 5.75 Å². The van der Waals surface area contributed by atoms with Crippen molar-refractivity contribution in [2.24, 2.45) is 0 Å². The van der Waals surface area contributed by atoms with E-state index in [1.165, 1.54) is 31.6 Å². The number of nitrogens with zero attached hydrogens (tertiary/aromatic N) is 3. The molecule has 0 bridgehead atoms. The highest BCUT2D eigenvalue weighted by Crippen LogP contribution is 2.24. The van der Waals surface area contributed by atoms with E-state index in [0.29, 0.717) is 0 Å². The van der Waals surface area contributed by atoms with Crippen LogP contribution in [0.25, 0.3) is 10.9 Å². The van der Waals surface area contributed by atoms with Crippen LogP contribution in [-0.2, 0) is 6.54 Å². The summed E-state index contributed by atoms with van der Waals surface area (Å²) in [6, 6.07) is 16.2. The molecule has 0 amide bonds. The highest BCUT2D eigenvalue weighted by atomic mass is 35.5. The first kappa shape index (κ1) is 24.7. The molecule has 0 saturated carbocycles. The number of hydrogen-bond donors (Lipinski definition) is 2. The standard InChI is InChI=1S/C27H36ClN5O/c1-34-24-7-4-22(5-8-24)21-29-11-2-14-32-16-18-33(19-17-32)15-3-12-30-26-10-13-31-27-20-23(28)6-9-25(26)27/h4-10,13,20,29H,2-3,11-12,14-19,21H2,1H3,(H,30,31). The lowest BCUT2D eigenvalue weighted by Crippen LogP contribution is -2.47. The molecule has 0 spiro atoms. The van der Waals surface area contributed by atoms with Gasteiger partial charge in [0, 0.05) is 61.6 Å². The van der Waals surface area contributed by atoms with Gasteiger partial charge in [0.1, 0.15) is 5.75 Å². The van der Waals surface area contributed by atoms with Crippen LogP contribution >= 0.6 is 11.6 Å². The molecule has 2 N–H and O–H groups in total. The van der Waals surface area contributed by atoms with Crippen molar-refractivity contribution in [1.82, 2.24) is 20.1 Å². The van der Waals surface area contributed by atoms with Crippen molar-refractivity contribution < 1.29 is 4.74 Å². The minimum absolute atomic E-state index is 0.723. The summed E-state index contributed by atoms with van der Waals surface area (Å²) in [6.45, 7) is 9.89. The molecule has 1 fully saturated rings. The van der Waals surface area contributed by atoms with Gasteiger partial charge in [-0.25, -0.2) is 0 Å². The van der Waals surface area contributed by atoms with Gasteiger partial charge in [-0.05, 0) is 74.4 Å². The topological polar surface area (TPSA) is 52.7 Å². The maximum atomic E-state index is 6.09. The second kappa shape index (κ2) is 12.9. The Morgan fingerprint density at radius 2 is 1.62 bits per heavy atom. The molecule has 0 unspecified atom stereocenters. The number of hydrogen-bond acceptors (Lipinski definition) is 6. The Bertz CT molecular complexity index is 1020. The lowest BCUT2D eigenvalue weighted by Gasteiger charge is -2.34. The molecule has 1 aliphatic heterocycles. The molecule has 0 aliphatic carbocycles. The predicted molar refractivity (Wildman–Crippen MR) is 142 cm³/mol. The minimum atomic E-state index is 0.723. The van der Waals surface area contributed by atoms with E-state index in [1.807, 2.05) is 42.6 Å². The Kier molecular flexibility index (Phi) is 9.39. The lowest BCUT2D eigenvalue weighted by molar-refractivity contribution is 0.131. The summed E-state index contributed by atoms with van der Waals surface area (Å²) in [5.41, 5.74) is 3.36. The summed E-state index contributed by atoms with van der Waals surface area (Å²) >= 11 is 6.09. The first-order chi connectivity index (χ1) is 16.7. The molecule has 1 aromatic heterocycles. The van der Waals surface area contributed by atoms with Gasteiger partial charge in [-0.3, -0.25) is 4.98 Å². The SMILES string of the molecule is COc1ccc(CNCCCN2CCN(CCCNc3ccnc4cc(Cl)ccc34)CC2)cc1. The summed E-state index contributed by atoms with van der Waals surface area (Å²) in [7, 11) is 1.70. The lowest BCUT2D eigenvalue weighted by atomic mass is 10.2. The first-order valence-corrected chi connectivity index (χ1v) is 12.7. The molecule has 7 heteroatoms. The van der Waals surface area contributed by atoms with E-state index < -0.39 is 0 Å². The van der Waals surface area contributed by atoms with Crippen LogP contribution in [-0.4, -0.2) is 74.3 Å². The Balaban J connectivity index is 1.06. The van der Waals surface area contributed by atoms with Crippen LogP contribution in [0, 0.1) is 0 Å². The highest BCUT2D eigenvalue weighted by molar-refractivity contribution is 6.31. The molecule has 182 valence electrons. The van der Waals surface area contributed by atoms with Gasteiger partial charge >= 0.3 is 0 Å². The van der Waals surface area contributed by atoms with Crippen LogP contribution in [0.3, 0.4) is 0 Å². The zero-order valence-corrected chi connectivity index (χ0v) is 20.9. The summed E-state index contributed by atoms with van der Waals surface area (Å²) in [4.78, 5) is 9.60. The van der Waals surface area contributed by atoms with Crippen molar-refractivity contribution in [3.63, 3.8) is 0 Å². The molecule has 1 aliphatic rings. The maximum Gasteiger partial charge on any atom is 0.118 e. The molecule has 4 rings (SSSR count). The van der Waals surface area contributed by atoms with Crippen LogP contribution < -0.4 is 15.4 Å². The second-order valence-electron chi connectivity index (χ2n) is 8.86. The molecular weight excluding hydrogens is 446 g/mol. The van der Waals surface area contributed by atoms with Crippen LogP contribution in [0.2, 0.25) is 5.02 Å². The van der Waals surface area contributed by atoms with E-state index in [4.69, 9.17) is 16.3 Å². The Morgan fingerprint density at radius 3 is 2.32 bits per heavy atom. The van der Waals surface area contributed by atoms with E-state index in [2.05, 4.69) is 37.6 Å². The third-order valence-electron chi connectivity index (χ3n) is 6.45. The normalized spacial score (nSPS) is 15.0. The summed E-state index contributed by atoms with van der Waals surface area (Å²) in [6.07, 6.45) is 4.16. The van der Waals surface area contributed by atoms with E-state index in [0.717, 1.165) is 73.1 Å². The van der Waals surface area contributed by atoms with Gasteiger partial charge in [0.25, 0.3) is 0 Å². The molecule has 0 radical (unpaired) electrons. The number of nitrogens with one attached hydrogen (secondary N) is 2. The van der Waals surface area contributed by atoms with Crippen molar-refractivity contribution in [2.75, 3.05) is 64.8 Å². The molecule has 0 atom stereocenters. The first-order valence-electron chi connectivity index (χ1n) is 12.3. The third-order valence-corrected chi connectivity index (χ3v) is 6.69. The van der Waals surface area contributed by atoms with E-state index in [1.54, 1.807) is 7.11 Å². The number of halogens is 1. The van der Waals surface area contributed by atoms with Gasteiger partial charge in [-0.1, -0.05) is 23.7 Å². The molecule has 6 nitrogen and oxygen atoms in total. The number of rotatable bonds is 12. The van der Waals surface area contributed by atoms with Gasteiger partial charge in [0.15, 0.2) is 0 Å². The zero-order chi connectivity index (χ0) is 23.6. The Hall–Kier alpha value is -2.38. The number of benzene rings is 2. The number of fused-ring (bicyclic) bond motifs is 1.